The molecule has 5 nitrogen and oxygen atoms in total. The van der Waals surface area contributed by atoms with E-state index in [1.165, 1.54) is 7.11 Å². The predicted molar refractivity (Wildman–Crippen MR) is 66.7 cm³/mol. The first kappa shape index (κ1) is 12.7. The van der Waals surface area contributed by atoms with Crippen molar-refractivity contribution in [3.8, 4) is 5.75 Å². The summed E-state index contributed by atoms with van der Waals surface area (Å²) in [5, 5.41) is 0. The molecule has 5 heteroatoms. The lowest BCUT2D eigenvalue weighted by Gasteiger charge is -2.23. The normalized spacial score (nSPS) is 16.3. The van der Waals surface area contributed by atoms with Crippen LogP contribution < -0.4 is 10.5 Å². The lowest BCUT2D eigenvalue weighted by atomic mass is 10.1. The quantitative estimate of drug-likeness (QED) is 0.653. The number of carbonyl (C=O) groups is 1. The first-order valence-electron chi connectivity index (χ1n) is 5.92. The lowest BCUT2D eigenvalue weighted by molar-refractivity contribution is 0.0254. The van der Waals surface area contributed by atoms with Crippen LogP contribution >= 0.6 is 0 Å². The van der Waals surface area contributed by atoms with Gasteiger partial charge in [-0.1, -0.05) is 0 Å². The van der Waals surface area contributed by atoms with Crippen LogP contribution in [0.25, 0.3) is 0 Å². The molecule has 0 unspecified atom stereocenters. The molecule has 0 aromatic heterocycles. The highest BCUT2D eigenvalue weighted by Crippen LogP contribution is 2.23. The van der Waals surface area contributed by atoms with Crippen molar-refractivity contribution in [1.29, 1.82) is 0 Å². The van der Waals surface area contributed by atoms with Gasteiger partial charge in [-0.25, -0.2) is 4.79 Å². The summed E-state index contributed by atoms with van der Waals surface area (Å²) < 4.78 is 15.7. The summed E-state index contributed by atoms with van der Waals surface area (Å²) in [4.78, 5) is 11.5. The molecule has 2 rings (SSSR count). The van der Waals surface area contributed by atoms with Crippen LogP contribution in [-0.4, -0.2) is 32.4 Å². The zero-order chi connectivity index (χ0) is 13.0. The first-order valence-corrected chi connectivity index (χ1v) is 5.92. The Hall–Kier alpha value is -1.75. The predicted octanol–water partition coefficient (Wildman–Crippen LogP) is 1.61. The zero-order valence-corrected chi connectivity index (χ0v) is 10.3. The van der Waals surface area contributed by atoms with Gasteiger partial charge in [-0.3, -0.25) is 0 Å². The average Bonchev–Trinajstić information content (AvgIpc) is 2.38. The molecule has 0 spiro atoms. The van der Waals surface area contributed by atoms with Gasteiger partial charge in [0.15, 0.2) is 0 Å². The van der Waals surface area contributed by atoms with Gasteiger partial charge in [0.2, 0.25) is 0 Å². The number of benzene rings is 1. The highest BCUT2D eigenvalue weighted by Gasteiger charge is 2.16. The number of nitrogens with two attached hydrogens (primary N) is 1. The van der Waals surface area contributed by atoms with Crippen molar-refractivity contribution >= 4 is 11.7 Å². The molecule has 0 radical (unpaired) electrons. The van der Waals surface area contributed by atoms with E-state index in [1.54, 1.807) is 18.2 Å². The van der Waals surface area contributed by atoms with Crippen molar-refractivity contribution in [3.05, 3.63) is 23.8 Å². The topological polar surface area (TPSA) is 70.8 Å². The minimum Gasteiger partial charge on any atom is -0.490 e. The SMILES string of the molecule is COC(=O)c1cc(N)cc(OC2CCOCC2)c1. The fraction of sp³-hybridized carbons (Fsp3) is 0.462. The molecule has 0 bridgehead atoms. The van der Waals surface area contributed by atoms with Crippen molar-refractivity contribution in [3.63, 3.8) is 0 Å². The fourth-order valence-electron chi connectivity index (χ4n) is 1.91. The summed E-state index contributed by atoms with van der Waals surface area (Å²) in [6.07, 6.45) is 1.82. The van der Waals surface area contributed by atoms with E-state index in [2.05, 4.69) is 4.74 Å². The summed E-state index contributed by atoms with van der Waals surface area (Å²) >= 11 is 0. The second-order valence-electron chi connectivity index (χ2n) is 4.21. The summed E-state index contributed by atoms with van der Waals surface area (Å²) in [5.41, 5.74) is 6.63. The van der Waals surface area contributed by atoms with Gasteiger partial charge in [-0.2, -0.15) is 0 Å². The van der Waals surface area contributed by atoms with E-state index in [-0.39, 0.29) is 6.10 Å². The van der Waals surface area contributed by atoms with Gasteiger partial charge < -0.3 is 19.9 Å². The molecule has 18 heavy (non-hydrogen) atoms. The molecule has 98 valence electrons. The molecule has 1 fully saturated rings. The van der Waals surface area contributed by atoms with Gasteiger partial charge >= 0.3 is 5.97 Å². The molecule has 1 heterocycles. The molecular formula is C13H17NO4. The third kappa shape index (κ3) is 3.13. The van der Waals surface area contributed by atoms with Crippen LogP contribution in [0.4, 0.5) is 5.69 Å². The standard InChI is InChI=1S/C13H17NO4/c1-16-13(15)9-6-10(14)8-12(7-9)18-11-2-4-17-5-3-11/h6-8,11H,2-5,14H2,1H3. The van der Waals surface area contributed by atoms with E-state index >= 15 is 0 Å². The van der Waals surface area contributed by atoms with E-state index in [0.717, 1.165) is 12.8 Å². The third-order valence-corrected chi connectivity index (χ3v) is 2.82. The number of nitrogen functional groups attached to an aromatic ring is 1. The third-order valence-electron chi connectivity index (χ3n) is 2.82. The monoisotopic (exact) mass is 251 g/mol. The Bertz CT molecular complexity index is 427. The van der Waals surface area contributed by atoms with E-state index in [1.807, 2.05) is 0 Å². The Balaban J connectivity index is 2.11. The second-order valence-corrected chi connectivity index (χ2v) is 4.21. The molecule has 2 N–H and O–H groups in total. The summed E-state index contributed by atoms with van der Waals surface area (Å²) in [7, 11) is 1.34. The van der Waals surface area contributed by atoms with Crippen LogP contribution in [-0.2, 0) is 9.47 Å². The van der Waals surface area contributed by atoms with Crippen molar-refractivity contribution < 1.29 is 19.0 Å². The van der Waals surface area contributed by atoms with Gasteiger partial charge in [0, 0.05) is 24.6 Å². The van der Waals surface area contributed by atoms with E-state index in [0.29, 0.717) is 30.2 Å². The molecule has 1 aromatic rings. The number of hydrogen-bond acceptors (Lipinski definition) is 5. The van der Waals surface area contributed by atoms with Crippen LogP contribution in [0.15, 0.2) is 18.2 Å². The number of methoxy groups -OCH3 is 1. The number of ether oxygens (including phenoxy) is 3. The van der Waals surface area contributed by atoms with E-state index in [9.17, 15) is 4.79 Å². The maximum absolute atomic E-state index is 11.5. The van der Waals surface area contributed by atoms with Crippen molar-refractivity contribution in [1.82, 2.24) is 0 Å². The fourth-order valence-corrected chi connectivity index (χ4v) is 1.91. The summed E-state index contributed by atoms with van der Waals surface area (Å²) in [6, 6.07) is 4.93. The van der Waals surface area contributed by atoms with Crippen LogP contribution in [0.5, 0.6) is 5.75 Å². The van der Waals surface area contributed by atoms with E-state index < -0.39 is 5.97 Å². The number of esters is 1. The molecule has 0 amide bonds. The number of hydrogen-bond donors (Lipinski definition) is 1. The largest absolute Gasteiger partial charge is 0.490 e. The smallest absolute Gasteiger partial charge is 0.338 e. The molecule has 1 saturated heterocycles. The van der Waals surface area contributed by atoms with Crippen molar-refractivity contribution in [2.24, 2.45) is 0 Å². The maximum Gasteiger partial charge on any atom is 0.338 e. The first-order chi connectivity index (χ1) is 8.69. The van der Waals surface area contributed by atoms with Crippen LogP contribution in [0, 0.1) is 0 Å². The van der Waals surface area contributed by atoms with Crippen molar-refractivity contribution in [2.45, 2.75) is 18.9 Å². The Morgan fingerprint density at radius 2 is 2.06 bits per heavy atom. The molecular weight excluding hydrogens is 234 g/mol. The summed E-state index contributed by atoms with van der Waals surface area (Å²) in [6.45, 7) is 1.41. The van der Waals surface area contributed by atoms with Crippen LogP contribution in [0.2, 0.25) is 0 Å². The Morgan fingerprint density at radius 3 is 2.72 bits per heavy atom. The minimum atomic E-state index is -0.417. The molecule has 1 aliphatic rings. The number of anilines is 1. The van der Waals surface area contributed by atoms with Crippen molar-refractivity contribution in [2.75, 3.05) is 26.1 Å². The maximum atomic E-state index is 11.5. The summed E-state index contributed by atoms with van der Waals surface area (Å²) in [5.74, 6) is 0.182. The average molecular weight is 251 g/mol. The second kappa shape index (κ2) is 5.73. The number of carbonyl (C=O) groups excluding carboxylic acids is 1. The van der Waals surface area contributed by atoms with E-state index in [4.69, 9.17) is 15.2 Å². The van der Waals surface area contributed by atoms with Gasteiger partial charge in [0.1, 0.15) is 11.9 Å². The zero-order valence-electron chi connectivity index (χ0n) is 10.3. The molecule has 0 aliphatic carbocycles. The van der Waals surface area contributed by atoms with Gasteiger partial charge in [0.25, 0.3) is 0 Å². The highest BCUT2D eigenvalue weighted by molar-refractivity contribution is 5.90. The molecule has 1 aromatic carbocycles. The van der Waals surface area contributed by atoms with Gasteiger partial charge in [-0.15, -0.1) is 0 Å². The Morgan fingerprint density at radius 1 is 1.33 bits per heavy atom. The minimum absolute atomic E-state index is 0.117. The molecule has 0 atom stereocenters. The van der Waals surface area contributed by atoms with Crippen LogP contribution in [0.1, 0.15) is 23.2 Å². The lowest BCUT2D eigenvalue weighted by Crippen LogP contribution is -2.26. The van der Waals surface area contributed by atoms with Crippen LogP contribution in [0.3, 0.4) is 0 Å². The molecule has 0 saturated carbocycles. The van der Waals surface area contributed by atoms with Gasteiger partial charge in [0.05, 0.1) is 25.9 Å². The highest BCUT2D eigenvalue weighted by atomic mass is 16.5. The molecule has 1 aliphatic heterocycles. The Kier molecular flexibility index (Phi) is 4.04. The van der Waals surface area contributed by atoms with Gasteiger partial charge in [-0.05, 0) is 12.1 Å². The number of rotatable bonds is 3. The Labute approximate surface area is 106 Å².